The number of benzene rings is 2. The zero-order valence-electron chi connectivity index (χ0n) is 18.0. The Morgan fingerprint density at radius 2 is 1.64 bits per heavy atom. The molecule has 2 aromatic heterocycles. The number of nitrogens with zero attached hydrogens (tertiary/aromatic N) is 2. The minimum absolute atomic E-state index is 0.0407. The van der Waals surface area contributed by atoms with Gasteiger partial charge in [-0.2, -0.15) is 0 Å². The summed E-state index contributed by atoms with van der Waals surface area (Å²) in [5.41, 5.74) is 4.15. The third-order valence-corrected chi connectivity index (χ3v) is 6.14. The summed E-state index contributed by atoms with van der Waals surface area (Å²) in [6, 6.07) is 15.2. The zero-order valence-corrected chi connectivity index (χ0v) is 18.8. The van der Waals surface area contributed by atoms with Crippen molar-refractivity contribution in [2.24, 2.45) is 0 Å². The Morgan fingerprint density at radius 3 is 2.27 bits per heavy atom. The molecule has 170 valence electrons. The third-order valence-electron chi connectivity index (χ3n) is 5.56. The van der Waals surface area contributed by atoms with E-state index in [4.69, 9.17) is 4.55 Å². The molecule has 0 aliphatic heterocycles. The lowest BCUT2D eigenvalue weighted by molar-refractivity contribution is 0.470. The van der Waals surface area contributed by atoms with Crippen LogP contribution >= 0.6 is 0 Å². The summed E-state index contributed by atoms with van der Waals surface area (Å²) in [6.45, 7) is 2.06. The number of halogens is 1. The lowest BCUT2D eigenvalue weighted by atomic mass is 10.0. The Labute approximate surface area is 192 Å². The first kappa shape index (κ1) is 22.8. The molecule has 2 heterocycles. The molecule has 0 aliphatic rings. The van der Waals surface area contributed by atoms with Crippen molar-refractivity contribution in [3.63, 3.8) is 0 Å². The molecule has 2 aromatic carbocycles. The molecule has 8 heteroatoms. The van der Waals surface area contributed by atoms with Gasteiger partial charge >= 0.3 is 0 Å². The SMILES string of the molecule is CCc1c(O)c2ncc(Cc3ccc(F)cc3)cc2n(Cc2ccc(CS(=O)O)cc2)c1=O. The maximum Gasteiger partial charge on any atom is 0.258 e. The average Bonchev–Trinajstić information content (AvgIpc) is 2.79. The molecule has 33 heavy (non-hydrogen) atoms. The highest BCUT2D eigenvalue weighted by Gasteiger charge is 2.17. The van der Waals surface area contributed by atoms with Gasteiger partial charge in [-0.1, -0.05) is 43.3 Å². The van der Waals surface area contributed by atoms with Crippen LogP contribution in [0.5, 0.6) is 5.75 Å². The molecule has 0 saturated carbocycles. The Kier molecular flexibility index (Phi) is 6.67. The van der Waals surface area contributed by atoms with Gasteiger partial charge in [-0.25, -0.2) is 8.60 Å². The Balaban J connectivity index is 1.77. The van der Waals surface area contributed by atoms with Crippen molar-refractivity contribution in [1.29, 1.82) is 0 Å². The fraction of sp³-hybridized carbons (Fsp3) is 0.200. The highest BCUT2D eigenvalue weighted by molar-refractivity contribution is 7.78. The van der Waals surface area contributed by atoms with E-state index in [1.165, 1.54) is 12.1 Å². The monoisotopic (exact) mass is 466 g/mol. The maximum absolute atomic E-state index is 13.2. The van der Waals surface area contributed by atoms with Crippen molar-refractivity contribution in [1.82, 2.24) is 9.55 Å². The number of aromatic nitrogens is 2. The maximum atomic E-state index is 13.2. The minimum atomic E-state index is -1.92. The van der Waals surface area contributed by atoms with Gasteiger partial charge in [0.05, 0.1) is 23.4 Å². The molecule has 1 unspecified atom stereocenters. The Hall–Kier alpha value is -3.36. The molecule has 0 bridgehead atoms. The van der Waals surface area contributed by atoms with Gasteiger partial charge in [-0.05, 0) is 53.3 Å². The zero-order chi connectivity index (χ0) is 23.5. The van der Waals surface area contributed by atoms with Crippen LogP contribution in [-0.4, -0.2) is 23.4 Å². The van der Waals surface area contributed by atoms with Crippen LogP contribution in [0.4, 0.5) is 4.39 Å². The van der Waals surface area contributed by atoms with E-state index in [2.05, 4.69) is 4.98 Å². The topological polar surface area (TPSA) is 92.4 Å². The molecule has 0 fully saturated rings. The summed E-state index contributed by atoms with van der Waals surface area (Å²) in [5.74, 6) is -0.376. The summed E-state index contributed by atoms with van der Waals surface area (Å²) in [4.78, 5) is 17.7. The summed E-state index contributed by atoms with van der Waals surface area (Å²) in [6.07, 6.45) is 2.52. The molecule has 6 nitrogen and oxygen atoms in total. The van der Waals surface area contributed by atoms with Crippen LogP contribution in [0.15, 0.2) is 65.6 Å². The number of fused-ring (bicyclic) bond motifs is 1. The molecule has 1 atom stereocenters. The van der Waals surface area contributed by atoms with Crippen LogP contribution in [0.2, 0.25) is 0 Å². The van der Waals surface area contributed by atoms with Crippen LogP contribution < -0.4 is 5.56 Å². The normalized spacial score (nSPS) is 12.2. The number of rotatable bonds is 7. The predicted molar refractivity (Wildman–Crippen MR) is 126 cm³/mol. The highest BCUT2D eigenvalue weighted by Crippen LogP contribution is 2.27. The van der Waals surface area contributed by atoms with Crippen LogP contribution in [-0.2, 0) is 36.2 Å². The van der Waals surface area contributed by atoms with Gasteiger partial charge in [0.25, 0.3) is 5.56 Å². The third kappa shape index (κ3) is 5.02. The Bertz CT molecular complexity index is 1380. The number of hydrogen-bond acceptors (Lipinski definition) is 4. The molecular formula is C25H23FN2O4S. The largest absolute Gasteiger partial charge is 0.505 e. The first-order chi connectivity index (χ1) is 15.9. The van der Waals surface area contributed by atoms with E-state index in [1.807, 2.05) is 18.2 Å². The predicted octanol–water partition coefficient (Wildman–Crippen LogP) is 4.16. The molecule has 0 spiro atoms. The van der Waals surface area contributed by atoms with Crippen LogP contribution in [0, 0.1) is 5.82 Å². The van der Waals surface area contributed by atoms with Crippen molar-refractivity contribution in [2.75, 3.05) is 0 Å². The molecule has 2 N–H and O–H groups in total. The molecular weight excluding hydrogens is 443 g/mol. The molecule has 0 aliphatic carbocycles. The van der Waals surface area contributed by atoms with Gasteiger partial charge in [0, 0.05) is 6.20 Å². The van der Waals surface area contributed by atoms with E-state index in [1.54, 1.807) is 42.0 Å². The fourth-order valence-corrected chi connectivity index (χ4v) is 4.35. The summed E-state index contributed by atoms with van der Waals surface area (Å²) in [7, 11) is 0. The lowest BCUT2D eigenvalue weighted by Crippen LogP contribution is -2.25. The first-order valence-corrected chi connectivity index (χ1v) is 11.8. The summed E-state index contributed by atoms with van der Waals surface area (Å²) in [5, 5.41) is 10.7. The van der Waals surface area contributed by atoms with Gasteiger partial charge in [0.2, 0.25) is 0 Å². The average molecular weight is 467 g/mol. The van der Waals surface area contributed by atoms with Crippen LogP contribution in [0.1, 0.15) is 34.7 Å². The van der Waals surface area contributed by atoms with Crippen LogP contribution in [0.25, 0.3) is 11.0 Å². The van der Waals surface area contributed by atoms with Crippen molar-refractivity contribution < 1.29 is 18.3 Å². The molecule has 0 radical (unpaired) electrons. The quantitative estimate of drug-likeness (QED) is 0.399. The second-order valence-corrected chi connectivity index (χ2v) is 8.80. The van der Waals surface area contributed by atoms with Gasteiger partial charge in [-0.15, -0.1) is 0 Å². The van der Waals surface area contributed by atoms with E-state index in [9.17, 15) is 18.5 Å². The fourth-order valence-electron chi connectivity index (χ4n) is 3.88. The van der Waals surface area contributed by atoms with E-state index in [-0.39, 0.29) is 29.4 Å². The van der Waals surface area contributed by atoms with Crippen LogP contribution in [0.3, 0.4) is 0 Å². The summed E-state index contributed by atoms with van der Waals surface area (Å²) >= 11 is -1.92. The van der Waals surface area contributed by atoms with Crippen molar-refractivity contribution in [2.45, 2.75) is 32.1 Å². The van der Waals surface area contributed by atoms with E-state index < -0.39 is 11.1 Å². The smallest absolute Gasteiger partial charge is 0.258 e. The highest BCUT2D eigenvalue weighted by atomic mass is 32.2. The van der Waals surface area contributed by atoms with Crippen molar-refractivity contribution in [3.8, 4) is 5.75 Å². The first-order valence-electron chi connectivity index (χ1n) is 10.5. The van der Waals surface area contributed by atoms with Gasteiger partial charge in [0.1, 0.15) is 11.3 Å². The van der Waals surface area contributed by atoms with Crippen molar-refractivity contribution >= 4 is 22.1 Å². The minimum Gasteiger partial charge on any atom is -0.505 e. The van der Waals surface area contributed by atoms with Gasteiger partial charge < -0.3 is 14.2 Å². The number of pyridine rings is 2. The lowest BCUT2D eigenvalue weighted by Gasteiger charge is -2.15. The second-order valence-electron chi connectivity index (χ2n) is 7.87. The standard InChI is InChI=1S/C25H23FN2O4S/c1-2-21-24(29)23-22(12-19(13-27-23)11-16-7-9-20(26)10-8-16)28(25(21)30)14-17-3-5-18(6-4-17)15-33(31)32/h3-10,12-13,29H,2,11,14-15H2,1H3,(H,31,32). The van der Waals surface area contributed by atoms with E-state index in [0.717, 1.165) is 22.3 Å². The number of aromatic hydroxyl groups is 1. The molecule has 0 amide bonds. The molecule has 4 aromatic rings. The second kappa shape index (κ2) is 9.64. The Morgan fingerprint density at radius 1 is 1.00 bits per heavy atom. The van der Waals surface area contributed by atoms with Gasteiger partial charge in [-0.3, -0.25) is 9.78 Å². The summed E-state index contributed by atoms with van der Waals surface area (Å²) < 4.78 is 34.9. The van der Waals surface area contributed by atoms with E-state index >= 15 is 0 Å². The van der Waals surface area contributed by atoms with Crippen molar-refractivity contribution in [3.05, 3.63) is 105 Å². The molecule has 4 rings (SSSR count). The van der Waals surface area contributed by atoms with E-state index in [0.29, 0.717) is 29.4 Å². The van der Waals surface area contributed by atoms with Gasteiger partial charge in [0.15, 0.2) is 16.8 Å². The molecule has 0 saturated heterocycles. The number of hydrogen-bond donors (Lipinski definition) is 2.